The molecule has 1 aliphatic rings. The van der Waals surface area contributed by atoms with Crippen LogP contribution in [0.15, 0.2) is 24.3 Å². The van der Waals surface area contributed by atoms with E-state index in [2.05, 4.69) is 5.10 Å². The van der Waals surface area contributed by atoms with Crippen LogP contribution in [-0.2, 0) is 20.0 Å². The Hall–Kier alpha value is -2.63. The van der Waals surface area contributed by atoms with Crippen molar-refractivity contribution in [3.63, 3.8) is 0 Å². The van der Waals surface area contributed by atoms with Crippen LogP contribution in [0.5, 0.6) is 0 Å². The molecule has 2 aromatic rings. The first-order valence-corrected chi connectivity index (χ1v) is 7.10. The summed E-state index contributed by atoms with van der Waals surface area (Å²) in [5.74, 6) is -1.07. The number of aryl methyl sites for hydroxylation is 2. The summed E-state index contributed by atoms with van der Waals surface area (Å²) in [5, 5.41) is 13.3. The largest absolute Gasteiger partial charge is 0.478 e. The van der Waals surface area contributed by atoms with Gasteiger partial charge in [0.1, 0.15) is 0 Å². The van der Waals surface area contributed by atoms with Gasteiger partial charge in [-0.25, -0.2) is 4.79 Å². The Labute approximate surface area is 128 Å². The number of carbonyl (C=O) groups excluding carboxylic acids is 1. The molecule has 2 heterocycles. The van der Waals surface area contributed by atoms with E-state index < -0.39 is 5.97 Å². The number of carboxylic acids is 1. The standard InChI is InChI=1S/C16H17N3O3/c1-10-7-14(17-18(10)2)15(20)19-6-5-11-3-4-12(16(21)22)8-13(11)9-19/h3-4,7-8H,5-6,9H2,1-2H3,(H,21,22). The van der Waals surface area contributed by atoms with Gasteiger partial charge in [-0.15, -0.1) is 0 Å². The van der Waals surface area contributed by atoms with Crippen LogP contribution in [0.4, 0.5) is 0 Å². The maximum absolute atomic E-state index is 12.5. The fourth-order valence-electron chi connectivity index (χ4n) is 2.69. The topological polar surface area (TPSA) is 75.4 Å². The zero-order valence-corrected chi connectivity index (χ0v) is 12.5. The molecule has 6 nitrogen and oxygen atoms in total. The minimum Gasteiger partial charge on any atom is -0.478 e. The third kappa shape index (κ3) is 2.47. The lowest BCUT2D eigenvalue weighted by Gasteiger charge is -2.28. The molecule has 1 N–H and O–H groups in total. The predicted molar refractivity (Wildman–Crippen MR) is 79.8 cm³/mol. The van der Waals surface area contributed by atoms with Gasteiger partial charge in [-0.2, -0.15) is 5.10 Å². The Kier molecular flexibility index (Phi) is 3.44. The Morgan fingerprint density at radius 1 is 1.23 bits per heavy atom. The average molecular weight is 299 g/mol. The van der Waals surface area contributed by atoms with E-state index in [0.717, 1.165) is 23.2 Å². The fraction of sp³-hybridized carbons (Fsp3) is 0.312. The molecule has 6 heteroatoms. The van der Waals surface area contributed by atoms with Crippen molar-refractivity contribution < 1.29 is 14.7 Å². The summed E-state index contributed by atoms with van der Waals surface area (Å²) < 4.78 is 1.67. The highest BCUT2D eigenvalue weighted by Gasteiger charge is 2.24. The number of fused-ring (bicyclic) bond motifs is 1. The van der Waals surface area contributed by atoms with Gasteiger partial charge in [-0.1, -0.05) is 6.07 Å². The molecule has 1 amide bonds. The third-order valence-electron chi connectivity index (χ3n) is 4.09. The molecule has 3 rings (SSSR count). The Morgan fingerprint density at radius 3 is 2.64 bits per heavy atom. The van der Waals surface area contributed by atoms with Gasteiger partial charge in [0.15, 0.2) is 5.69 Å². The van der Waals surface area contributed by atoms with Crippen molar-refractivity contribution >= 4 is 11.9 Å². The van der Waals surface area contributed by atoms with E-state index in [9.17, 15) is 9.59 Å². The number of carbonyl (C=O) groups is 2. The molecular formula is C16H17N3O3. The number of carboxylic acid groups (broad SMARTS) is 1. The van der Waals surface area contributed by atoms with Gasteiger partial charge < -0.3 is 10.0 Å². The second-order valence-electron chi connectivity index (χ2n) is 5.56. The Balaban J connectivity index is 1.85. The number of aromatic carboxylic acids is 1. The number of benzene rings is 1. The predicted octanol–water partition coefficient (Wildman–Crippen LogP) is 1.63. The number of hydrogen-bond donors (Lipinski definition) is 1. The molecule has 1 aromatic carbocycles. The number of aromatic nitrogens is 2. The van der Waals surface area contributed by atoms with Crippen LogP contribution in [0, 0.1) is 6.92 Å². The van der Waals surface area contributed by atoms with Crippen molar-refractivity contribution in [1.29, 1.82) is 0 Å². The summed E-state index contributed by atoms with van der Waals surface area (Å²) in [7, 11) is 1.80. The fourth-order valence-corrected chi connectivity index (χ4v) is 2.69. The number of nitrogens with zero attached hydrogens (tertiary/aromatic N) is 3. The van der Waals surface area contributed by atoms with Crippen molar-refractivity contribution in [3.05, 3.63) is 52.3 Å². The van der Waals surface area contributed by atoms with E-state index in [-0.39, 0.29) is 11.5 Å². The molecule has 0 bridgehead atoms. The third-order valence-corrected chi connectivity index (χ3v) is 4.09. The van der Waals surface area contributed by atoms with Gasteiger partial charge >= 0.3 is 5.97 Å². The van der Waals surface area contributed by atoms with Crippen molar-refractivity contribution in [1.82, 2.24) is 14.7 Å². The first kappa shape index (κ1) is 14.3. The average Bonchev–Trinajstić information content (AvgIpc) is 2.84. The molecule has 0 saturated heterocycles. The van der Waals surface area contributed by atoms with Crippen molar-refractivity contribution in [2.75, 3.05) is 6.54 Å². The first-order valence-electron chi connectivity index (χ1n) is 7.10. The lowest BCUT2D eigenvalue weighted by Crippen LogP contribution is -2.36. The van der Waals surface area contributed by atoms with E-state index >= 15 is 0 Å². The van der Waals surface area contributed by atoms with Crippen LogP contribution in [0.1, 0.15) is 37.7 Å². The molecule has 0 atom stereocenters. The molecule has 1 aliphatic heterocycles. The molecule has 0 aliphatic carbocycles. The Morgan fingerprint density at radius 2 is 2.00 bits per heavy atom. The molecule has 22 heavy (non-hydrogen) atoms. The van der Waals surface area contributed by atoms with Gasteiger partial charge in [0, 0.05) is 25.8 Å². The van der Waals surface area contributed by atoms with Crippen molar-refractivity contribution in [2.45, 2.75) is 19.9 Å². The van der Waals surface area contributed by atoms with E-state index in [1.165, 1.54) is 0 Å². The van der Waals surface area contributed by atoms with Crippen LogP contribution in [0.25, 0.3) is 0 Å². The normalized spacial score (nSPS) is 13.8. The second-order valence-corrected chi connectivity index (χ2v) is 5.56. The molecule has 0 fully saturated rings. The molecular weight excluding hydrogens is 282 g/mol. The summed E-state index contributed by atoms with van der Waals surface area (Å²) in [6.45, 7) is 2.94. The van der Waals surface area contributed by atoms with Gasteiger partial charge in [0.25, 0.3) is 5.91 Å². The maximum atomic E-state index is 12.5. The van der Waals surface area contributed by atoms with Crippen molar-refractivity contribution in [2.24, 2.45) is 7.05 Å². The summed E-state index contributed by atoms with van der Waals surface area (Å²) in [5.41, 5.74) is 3.60. The van der Waals surface area contributed by atoms with Crippen LogP contribution >= 0.6 is 0 Å². The monoisotopic (exact) mass is 299 g/mol. The summed E-state index contributed by atoms with van der Waals surface area (Å²) in [4.78, 5) is 25.3. The Bertz CT molecular complexity index is 744. The zero-order valence-electron chi connectivity index (χ0n) is 12.5. The lowest BCUT2D eigenvalue weighted by atomic mass is 9.97. The minimum atomic E-state index is -0.952. The zero-order chi connectivity index (χ0) is 15.9. The second kappa shape index (κ2) is 5.29. The number of hydrogen-bond acceptors (Lipinski definition) is 3. The molecule has 114 valence electrons. The van der Waals surface area contributed by atoms with Gasteiger partial charge in [-0.05, 0) is 42.7 Å². The highest BCUT2D eigenvalue weighted by Crippen LogP contribution is 2.22. The van der Waals surface area contributed by atoms with Crippen LogP contribution in [0.2, 0.25) is 0 Å². The van der Waals surface area contributed by atoms with Gasteiger partial charge in [0.2, 0.25) is 0 Å². The number of amides is 1. The molecule has 1 aromatic heterocycles. The molecule has 0 spiro atoms. The maximum Gasteiger partial charge on any atom is 0.335 e. The summed E-state index contributed by atoms with van der Waals surface area (Å²) in [6, 6.07) is 6.87. The van der Waals surface area contributed by atoms with Gasteiger partial charge in [-0.3, -0.25) is 9.48 Å². The molecule has 0 unspecified atom stereocenters. The van der Waals surface area contributed by atoms with E-state index in [0.29, 0.717) is 18.8 Å². The summed E-state index contributed by atoms with van der Waals surface area (Å²) >= 11 is 0. The lowest BCUT2D eigenvalue weighted by molar-refractivity contribution is 0.0696. The van der Waals surface area contributed by atoms with E-state index in [1.807, 2.05) is 13.0 Å². The minimum absolute atomic E-state index is 0.116. The van der Waals surface area contributed by atoms with E-state index in [1.54, 1.807) is 34.8 Å². The molecule has 0 radical (unpaired) electrons. The van der Waals surface area contributed by atoms with Crippen LogP contribution in [-0.4, -0.2) is 38.2 Å². The quantitative estimate of drug-likeness (QED) is 0.914. The SMILES string of the molecule is Cc1cc(C(=O)N2CCc3ccc(C(=O)O)cc3C2)nn1C. The smallest absolute Gasteiger partial charge is 0.335 e. The van der Waals surface area contributed by atoms with Crippen LogP contribution in [0.3, 0.4) is 0 Å². The van der Waals surface area contributed by atoms with Gasteiger partial charge in [0.05, 0.1) is 5.56 Å². The molecule has 0 saturated carbocycles. The first-order chi connectivity index (χ1) is 10.5. The highest BCUT2D eigenvalue weighted by atomic mass is 16.4. The summed E-state index contributed by atoms with van der Waals surface area (Å²) in [6.07, 6.45) is 0.729. The van der Waals surface area contributed by atoms with Crippen LogP contribution < -0.4 is 0 Å². The van der Waals surface area contributed by atoms with Crippen molar-refractivity contribution in [3.8, 4) is 0 Å². The number of rotatable bonds is 2. The highest BCUT2D eigenvalue weighted by molar-refractivity contribution is 5.92. The van der Waals surface area contributed by atoms with E-state index in [4.69, 9.17) is 5.11 Å².